The summed E-state index contributed by atoms with van der Waals surface area (Å²) in [7, 11) is 0. The minimum absolute atomic E-state index is 0.00894. The Morgan fingerprint density at radius 1 is 0.745 bits per heavy atom. The molecule has 0 saturated carbocycles. The van der Waals surface area contributed by atoms with E-state index in [0.29, 0.717) is 44.4 Å². The van der Waals surface area contributed by atoms with Gasteiger partial charge in [-0.25, -0.2) is 0 Å². The first-order valence-electron chi connectivity index (χ1n) is 20.0. The van der Waals surface area contributed by atoms with Crippen molar-refractivity contribution in [1.82, 2.24) is 0 Å². The highest BCUT2D eigenvalue weighted by Crippen LogP contribution is 2.54. The third-order valence-corrected chi connectivity index (χ3v) is 14.1. The smallest absolute Gasteiger partial charge is 0.172 e. The number of ether oxygens (including phenoxy) is 8. The number of hydrogen-bond donors (Lipinski definition) is 2. The van der Waals surface area contributed by atoms with Crippen LogP contribution in [0.5, 0.6) is 0 Å². The molecule has 0 aromatic heterocycles. The van der Waals surface area contributed by atoms with Crippen molar-refractivity contribution in [2.24, 2.45) is 17.8 Å². The van der Waals surface area contributed by atoms with Gasteiger partial charge in [-0.05, 0) is 73.8 Å². The predicted octanol–water partition coefficient (Wildman–Crippen LogP) is 4.09. The quantitative estimate of drug-likeness (QED) is 0.410. The Balaban J connectivity index is 0.986. The second-order valence-corrected chi connectivity index (χ2v) is 17.5. The predicted molar refractivity (Wildman–Crippen MR) is 183 cm³/mol. The largest absolute Gasteiger partial charge is 0.394 e. The number of fused-ring (bicyclic) bond motifs is 6. The Hall–Kier alpha value is -1.25. The molecule has 0 radical (unpaired) electrons. The number of carbonyl (C=O) groups is 1. The molecule has 0 aliphatic carbocycles. The van der Waals surface area contributed by atoms with Crippen LogP contribution in [0.2, 0.25) is 0 Å². The molecule has 10 saturated heterocycles. The van der Waals surface area contributed by atoms with Gasteiger partial charge >= 0.3 is 0 Å². The van der Waals surface area contributed by atoms with E-state index in [1.54, 1.807) is 0 Å². The molecule has 51 heavy (non-hydrogen) atoms. The standard InChI is InChI=1S/C40H58O11/c1-19-11-25-5-7-29-20(2)12-27(44-29)9-10-40-17-34-36(50-40)37-38(49-34)39(51-40)35-30(48-37)8-6-26(46-35)13-23(42)14-28-22(4)31(15-24(43)18-41)47-33(28)16-32(45-25)21(19)3/h19,22,24-39,41,43H,2-3,5-18H2,1,4H3/t19-,22-,24+,25?,26?,27+,28-,29+,30+,31-,32-,33+,34-,35+,36+,37+,38-,39+,40+/m1/s1. The van der Waals surface area contributed by atoms with Crippen LogP contribution in [-0.2, 0) is 42.7 Å². The first-order valence-corrected chi connectivity index (χ1v) is 20.0. The summed E-state index contributed by atoms with van der Waals surface area (Å²) in [5.74, 6) is -0.367. The molecule has 10 heterocycles. The van der Waals surface area contributed by atoms with Gasteiger partial charge in [-0.15, -0.1) is 0 Å². The van der Waals surface area contributed by atoms with Crippen molar-refractivity contribution in [2.75, 3.05) is 6.61 Å². The number of hydrogen-bond acceptors (Lipinski definition) is 11. The summed E-state index contributed by atoms with van der Waals surface area (Å²) in [6.45, 7) is 12.9. The zero-order valence-corrected chi connectivity index (χ0v) is 30.3. The molecule has 11 heteroatoms. The molecule has 0 aromatic rings. The van der Waals surface area contributed by atoms with Crippen molar-refractivity contribution < 1.29 is 52.9 Å². The molecule has 2 N–H and O–H groups in total. The third kappa shape index (κ3) is 6.53. The Kier molecular flexibility index (Phi) is 9.59. The van der Waals surface area contributed by atoms with E-state index >= 15 is 0 Å². The normalized spacial score (nSPS) is 53.2. The maximum Gasteiger partial charge on any atom is 0.172 e. The molecule has 284 valence electrons. The van der Waals surface area contributed by atoms with Gasteiger partial charge in [0.25, 0.3) is 0 Å². The van der Waals surface area contributed by atoms with Gasteiger partial charge in [-0.3, -0.25) is 4.79 Å². The van der Waals surface area contributed by atoms with Crippen LogP contribution in [0.25, 0.3) is 0 Å². The highest BCUT2D eigenvalue weighted by Gasteiger charge is 2.68. The van der Waals surface area contributed by atoms with Crippen LogP contribution in [0, 0.1) is 17.8 Å². The Labute approximate surface area is 301 Å². The minimum atomic E-state index is -0.872. The maximum absolute atomic E-state index is 14.0. The highest BCUT2D eigenvalue weighted by atomic mass is 16.8. The maximum atomic E-state index is 14.0. The molecule has 10 aliphatic rings. The van der Waals surface area contributed by atoms with E-state index < -0.39 is 11.9 Å². The summed E-state index contributed by atoms with van der Waals surface area (Å²) < 4.78 is 53.9. The summed E-state index contributed by atoms with van der Waals surface area (Å²) in [6, 6.07) is 0. The number of aliphatic hydroxyl groups is 2. The van der Waals surface area contributed by atoms with Gasteiger partial charge in [0.1, 0.15) is 36.3 Å². The van der Waals surface area contributed by atoms with Crippen molar-refractivity contribution in [3.8, 4) is 0 Å². The summed E-state index contributed by atoms with van der Waals surface area (Å²) in [5.41, 5.74) is 2.22. The molecule has 11 nitrogen and oxygen atoms in total. The Bertz CT molecular complexity index is 1360. The fraction of sp³-hybridized carbons (Fsp3) is 0.875. The average Bonchev–Trinajstić information content (AvgIpc) is 3.77. The summed E-state index contributed by atoms with van der Waals surface area (Å²) in [6.07, 6.45) is 5.65. The van der Waals surface area contributed by atoms with Gasteiger partial charge in [0.2, 0.25) is 0 Å². The summed E-state index contributed by atoms with van der Waals surface area (Å²) in [5, 5.41) is 20.0. The van der Waals surface area contributed by atoms with E-state index in [1.165, 1.54) is 0 Å². The number of ketones is 1. The molecule has 0 aromatic carbocycles. The lowest BCUT2D eigenvalue weighted by Gasteiger charge is -2.47. The van der Waals surface area contributed by atoms with Gasteiger partial charge in [-0.1, -0.05) is 27.0 Å². The molecular formula is C40H58O11. The number of carbonyl (C=O) groups excluding carboxylic acids is 1. The van der Waals surface area contributed by atoms with Crippen molar-refractivity contribution in [3.05, 3.63) is 24.3 Å². The van der Waals surface area contributed by atoms with E-state index in [-0.39, 0.29) is 110 Å². The summed E-state index contributed by atoms with van der Waals surface area (Å²) >= 11 is 0. The third-order valence-electron chi connectivity index (χ3n) is 14.1. The van der Waals surface area contributed by atoms with Gasteiger partial charge in [0.05, 0.1) is 67.6 Å². The second kappa shape index (κ2) is 13.8. The van der Waals surface area contributed by atoms with Crippen LogP contribution in [-0.4, -0.2) is 120 Å². The molecule has 19 atom stereocenters. The number of Topliss-reactive ketones (excluding diaryl/α,β-unsaturated/α-hetero) is 1. The molecule has 12 bridgehead atoms. The van der Waals surface area contributed by atoms with E-state index in [1.807, 2.05) is 0 Å². The van der Waals surface area contributed by atoms with Crippen LogP contribution in [0.4, 0.5) is 0 Å². The zero-order chi connectivity index (χ0) is 35.2. The van der Waals surface area contributed by atoms with Crippen molar-refractivity contribution in [2.45, 2.75) is 195 Å². The van der Waals surface area contributed by atoms with E-state index in [0.717, 1.165) is 56.1 Å². The molecule has 1 spiro atoms. The van der Waals surface area contributed by atoms with Crippen LogP contribution in [0.3, 0.4) is 0 Å². The van der Waals surface area contributed by atoms with E-state index in [9.17, 15) is 15.0 Å². The fourth-order valence-electron chi connectivity index (χ4n) is 11.3. The minimum Gasteiger partial charge on any atom is -0.394 e. The van der Waals surface area contributed by atoms with Crippen LogP contribution in [0.1, 0.15) is 97.3 Å². The monoisotopic (exact) mass is 714 g/mol. The lowest BCUT2D eigenvalue weighted by atomic mass is 9.79. The molecule has 0 amide bonds. The zero-order valence-electron chi connectivity index (χ0n) is 30.3. The van der Waals surface area contributed by atoms with Crippen LogP contribution >= 0.6 is 0 Å². The number of aliphatic hydroxyl groups excluding tert-OH is 2. The van der Waals surface area contributed by atoms with E-state index in [2.05, 4.69) is 27.0 Å². The highest BCUT2D eigenvalue weighted by molar-refractivity contribution is 5.79. The van der Waals surface area contributed by atoms with Crippen LogP contribution in [0.15, 0.2) is 24.3 Å². The Morgan fingerprint density at radius 3 is 2.33 bits per heavy atom. The molecule has 10 rings (SSSR count). The summed E-state index contributed by atoms with van der Waals surface area (Å²) in [4.78, 5) is 14.0. The van der Waals surface area contributed by atoms with Crippen molar-refractivity contribution >= 4 is 5.78 Å². The van der Waals surface area contributed by atoms with Gasteiger partial charge in [-0.2, -0.15) is 0 Å². The van der Waals surface area contributed by atoms with Crippen LogP contribution < -0.4 is 0 Å². The average molecular weight is 715 g/mol. The van der Waals surface area contributed by atoms with E-state index in [4.69, 9.17) is 37.9 Å². The first kappa shape index (κ1) is 35.5. The second-order valence-electron chi connectivity index (χ2n) is 17.5. The lowest BCUT2D eigenvalue weighted by molar-refractivity contribution is -0.292. The number of rotatable bonds is 3. The van der Waals surface area contributed by atoms with Gasteiger partial charge in [0.15, 0.2) is 5.79 Å². The SMILES string of the molecule is C=C1C[C@@H]2CC[C@@]34C[C@H]5O[C@H]6[C@@H](O3)[C@H]3OC(CC[C@@H]3O[C@H]6[C@H]5O4)CC(=O)C[C@@H]3[C@@H](C)[C@@H](C[C@H](O)CO)O[C@H]3C[C@H]3OC(CC[C@@H]1O2)C[C@@H](C)C3=C. The van der Waals surface area contributed by atoms with Crippen molar-refractivity contribution in [3.63, 3.8) is 0 Å². The first-order chi connectivity index (χ1) is 24.6. The fourth-order valence-corrected chi connectivity index (χ4v) is 11.3. The lowest BCUT2D eigenvalue weighted by Crippen LogP contribution is -2.61. The molecule has 2 unspecified atom stereocenters. The topological polar surface area (TPSA) is 131 Å². The molecule has 10 aliphatic heterocycles. The molecule has 10 fully saturated rings. The van der Waals surface area contributed by atoms with Gasteiger partial charge < -0.3 is 48.1 Å². The molecular weight excluding hydrogens is 656 g/mol. The van der Waals surface area contributed by atoms with Crippen molar-refractivity contribution in [1.29, 1.82) is 0 Å². The van der Waals surface area contributed by atoms with Gasteiger partial charge in [0, 0.05) is 38.5 Å². The Morgan fingerprint density at radius 2 is 1.49 bits per heavy atom.